The van der Waals surface area contributed by atoms with Gasteiger partial charge in [-0.2, -0.15) is 0 Å². The molecule has 4 N–H and O–H groups in total. The molecule has 1 unspecified atom stereocenters. The minimum Gasteiger partial charge on any atom is -0.480 e. The van der Waals surface area contributed by atoms with Crippen molar-refractivity contribution >= 4 is 33.7 Å². The second-order valence-corrected chi connectivity index (χ2v) is 4.56. The maximum absolute atomic E-state index is 11.8. The molecule has 102 valence electrons. The van der Waals surface area contributed by atoms with Crippen LogP contribution < -0.4 is 11.1 Å². The van der Waals surface area contributed by atoms with Gasteiger partial charge < -0.3 is 16.2 Å². The van der Waals surface area contributed by atoms with Gasteiger partial charge in [-0.3, -0.25) is 9.59 Å². The Morgan fingerprint density at radius 2 is 2.16 bits per heavy atom. The molecular formula is C11H12BrN3O4. The highest BCUT2D eigenvalue weighted by atomic mass is 79.9. The van der Waals surface area contributed by atoms with Crippen molar-refractivity contribution in [2.45, 2.75) is 18.9 Å². The van der Waals surface area contributed by atoms with E-state index >= 15 is 0 Å². The molecule has 2 amide bonds. The van der Waals surface area contributed by atoms with Crippen molar-refractivity contribution in [1.29, 1.82) is 0 Å². The number of aliphatic carboxylic acids is 1. The lowest BCUT2D eigenvalue weighted by Gasteiger charge is -2.13. The summed E-state index contributed by atoms with van der Waals surface area (Å²) >= 11 is 3.14. The third-order valence-electron chi connectivity index (χ3n) is 2.26. The average Bonchev–Trinajstić information content (AvgIpc) is 2.34. The molecule has 1 rings (SSSR count). The number of hydrogen-bond donors (Lipinski definition) is 3. The number of carboxylic acids is 1. The first kappa shape index (κ1) is 15.1. The standard InChI is InChI=1S/C11H12BrN3O4/c12-6-2-1-5-14-9(6)10(17)15-7(11(18)19)3-4-8(13)16/h1-2,5,7H,3-4H2,(H2,13,16)(H,15,17)(H,18,19). The number of nitrogens with two attached hydrogens (primary N) is 1. The fourth-order valence-electron chi connectivity index (χ4n) is 1.32. The summed E-state index contributed by atoms with van der Waals surface area (Å²) in [6, 6.07) is 2.05. The average molecular weight is 330 g/mol. The SMILES string of the molecule is NC(=O)CCC(NC(=O)c1ncccc1Br)C(=O)O. The minimum atomic E-state index is -1.23. The fourth-order valence-corrected chi connectivity index (χ4v) is 1.76. The number of nitrogens with zero attached hydrogens (tertiary/aromatic N) is 1. The lowest BCUT2D eigenvalue weighted by Crippen LogP contribution is -2.41. The second-order valence-electron chi connectivity index (χ2n) is 3.70. The van der Waals surface area contributed by atoms with Gasteiger partial charge in [-0.15, -0.1) is 0 Å². The Hall–Kier alpha value is -1.96. The summed E-state index contributed by atoms with van der Waals surface area (Å²) in [5.41, 5.74) is 5.02. The molecule has 1 atom stereocenters. The fraction of sp³-hybridized carbons (Fsp3) is 0.273. The Balaban J connectivity index is 2.74. The zero-order valence-corrected chi connectivity index (χ0v) is 11.4. The molecule has 0 aliphatic carbocycles. The number of primary amides is 1. The van der Waals surface area contributed by atoms with Crippen molar-refractivity contribution in [2.75, 3.05) is 0 Å². The Bertz CT molecular complexity index is 506. The van der Waals surface area contributed by atoms with Gasteiger partial charge in [-0.1, -0.05) is 0 Å². The third kappa shape index (κ3) is 4.66. The number of carboxylic acid groups (broad SMARTS) is 1. The number of aromatic nitrogens is 1. The van der Waals surface area contributed by atoms with Crippen LogP contribution in [0.5, 0.6) is 0 Å². The maximum Gasteiger partial charge on any atom is 0.326 e. The number of pyridine rings is 1. The summed E-state index contributed by atoms with van der Waals surface area (Å²) < 4.78 is 0.451. The summed E-state index contributed by atoms with van der Waals surface area (Å²) in [7, 11) is 0. The van der Waals surface area contributed by atoms with Gasteiger partial charge in [0.05, 0.1) is 0 Å². The predicted molar refractivity (Wildman–Crippen MR) is 69.3 cm³/mol. The number of nitrogens with one attached hydrogen (secondary N) is 1. The maximum atomic E-state index is 11.8. The number of hydrogen-bond acceptors (Lipinski definition) is 4. The highest BCUT2D eigenvalue weighted by Gasteiger charge is 2.22. The van der Waals surface area contributed by atoms with Crippen LogP contribution in [0, 0.1) is 0 Å². The lowest BCUT2D eigenvalue weighted by molar-refractivity contribution is -0.139. The van der Waals surface area contributed by atoms with E-state index in [4.69, 9.17) is 10.8 Å². The van der Waals surface area contributed by atoms with E-state index in [1.54, 1.807) is 12.1 Å². The van der Waals surface area contributed by atoms with Gasteiger partial charge in [-0.25, -0.2) is 9.78 Å². The summed E-state index contributed by atoms with van der Waals surface area (Å²) in [5.74, 6) is -2.49. The quantitative estimate of drug-likeness (QED) is 0.692. The van der Waals surface area contributed by atoms with E-state index in [9.17, 15) is 14.4 Å². The molecule has 0 saturated heterocycles. The first-order valence-corrected chi connectivity index (χ1v) is 6.13. The molecule has 19 heavy (non-hydrogen) atoms. The van der Waals surface area contributed by atoms with Crippen molar-refractivity contribution in [1.82, 2.24) is 10.3 Å². The molecule has 7 nitrogen and oxygen atoms in total. The van der Waals surface area contributed by atoms with Crippen molar-refractivity contribution in [3.63, 3.8) is 0 Å². The Labute approximate surface area is 117 Å². The molecule has 1 heterocycles. The molecule has 0 spiro atoms. The number of amides is 2. The monoisotopic (exact) mass is 329 g/mol. The Kier molecular flexibility index (Phi) is 5.43. The van der Waals surface area contributed by atoms with Crippen molar-refractivity contribution in [2.24, 2.45) is 5.73 Å². The van der Waals surface area contributed by atoms with E-state index in [1.165, 1.54) is 6.20 Å². The molecule has 0 aliphatic rings. The molecule has 1 aromatic rings. The van der Waals surface area contributed by atoms with Crippen LogP contribution in [-0.2, 0) is 9.59 Å². The number of rotatable bonds is 6. The summed E-state index contributed by atoms with van der Waals surface area (Å²) in [4.78, 5) is 37.3. The van der Waals surface area contributed by atoms with E-state index < -0.39 is 23.8 Å². The zero-order chi connectivity index (χ0) is 14.4. The first-order valence-electron chi connectivity index (χ1n) is 5.34. The number of carbonyl (C=O) groups excluding carboxylic acids is 2. The summed E-state index contributed by atoms with van der Waals surface area (Å²) in [6.45, 7) is 0. The highest BCUT2D eigenvalue weighted by molar-refractivity contribution is 9.10. The van der Waals surface area contributed by atoms with E-state index in [-0.39, 0.29) is 18.5 Å². The molecule has 8 heteroatoms. The van der Waals surface area contributed by atoms with Gasteiger partial charge in [0, 0.05) is 17.1 Å². The number of carbonyl (C=O) groups is 3. The first-order chi connectivity index (χ1) is 8.91. The van der Waals surface area contributed by atoms with Crippen LogP contribution in [-0.4, -0.2) is 33.9 Å². The number of halogens is 1. The van der Waals surface area contributed by atoms with Gasteiger partial charge >= 0.3 is 5.97 Å². The van der Waals surface area contributed by atoms with Crippen LogP contribution in [0.1, 0.15) is 23.3 Å². The van der Waals surface area contributed by atoms with Crippen LogP contribution in [0.4, 0.5) is 0 Å². The van der Waals surface area contributed by atoms with Crippen molar-refractivity contribution in [3.8, 4) is 0 Å². The zero-order valence-electron chi connectivity index (χ0n) is 9.80. The van der Waals surface area contributed by atoms with Crippen LogP contribution in [0.2, 0.25) is 0 Å². The van der Waals surface area contributed by atoms with E-state index in [0.717, 1.165) is 0 Å². The van der Waals surface area contributed by atoms with E-state index in [1.807, 2.05) is 0 Å². The molecule has 0 saturated carbocycles. The van der Waals surface area contributed by atoms with Crippen LogP contribution in [0.25, 0.3) is 0 Å². The van der Waals surface area contributed by atoms with Crippen molar-refractivity contribution in [3.05, 3.63) is 28.5 Å². The lowest BCUT2D eigenvalue weighted by atomic mass is 10.1. The molecule has 0 aromatic carbocycles. The van der Waals surface area contributed by atoms with Gasteiger partial charge in [0.2, 0.25) is 5.91 Å². The van der Waals surface area contributed by atoms with Crippen LogP contribution in [0.3, 0.4) is 0 Å². The molecule has 1 aromatic heterocycles. The van der Waals surface area contributed by atoms with Gasteiger partial charge in [0.15, 0.2) is 0 Å². The van der Waals surface area contributed by atoms with Crippen LogP contribution >= 0.6 is 15.9 Å². The third-order valence-corrected chi connectivity index (χ3v) is 2.90. The van der Waals surface area contributed by atoms with Crippen LogP contribution in [0.15, 0.2) is 22.8 Å². The summed E-state index contributed by atoms with van der Waals surface area (Å²) in [6.07, 6.45) is 1.22. The Morgan fingerprint density at radius 3 is 2.68 bits per heavy atom. The molecule has 0 aliphatic heterocycles. The highest BCUT2D eigenvalue weighted by Crippen LogP contribution is 2.13. The topological polar surface area (TPSA) is 122 Å². The van der Waals surface area contributed by atoms with Gasteiger partial charge in [0.1, 0.15) is 11.7 Å². The largest absolute Gasteiger partial charge is 0.480 e. The molecule has 0 fully saturated rings. The van der Waals surface area contributed by atoms with E-state index in [0.29, 0.717) is 4.47 Å². The second kappa shape index (κ2) is 6.83. The van der Waals surface area contributed by atoms with Gasteiger partial charge in [-0.05, 0) is 34.5 Å². The molecule has 0 bridgehead atoms. The Morgan fingerprint density at radius 1 is 1.47 bits per heavy atom. The molecule has 0 radical (unpaired) electrons. The smallest absolute Gasteiger partial charge is 0.326 e. The van der Waals surface area contributed by atoms with E-state index in [2.05, 4.69) is 26.2 Å². The normalized spacial score (nSPS) is 11.6. The van der Waals surface area contributed by atoms with Gasteiger partial charge in [0.25, 0.3) is 5.91 Å². The molecular weight excluding hydrogens is 318 g/mol. The predicted octanol–water partition coefficient (Wildman–Crippen LogP) is 0.293. The minimum absolute atomic E-state index is 0.0686. The van der Waals surface area contributed by atoms with Crippen molar-refractivity contribution < 1.29 is 19.5 Å². The summed E-state index contributed by atoms with van der Waals surface area (Å²) in [5, 5.41) is 11.2.